The summed E-state index contributed by atoms with van der Waals surface area (Å²) in [5.41, 5.74) is 3.12. The molecular formula is C26H33LiN4O3. The average molecular weight is 457 g/mol. The van der Waals surface area contributed by atoms with Gasteiger partial charge < -0.3 is 20.1 Å². The predicted octanol–water partition coefficient (Wildman–Crippen LogP) is 2.62. The number of hydrogen-bond donors (Lipinski definition) is 2. The van der Waals surface area contributed by atoms with E-state index in [0.717, 1.165) is 52.8 Å². The number of hydrogen-bond acceptors (Lipinski definition) is 5. The van der Waals surface area contributed by atoms with E-state index in [2.05, 4.69) is 10.2 Å². The Morgan fingerprint density at radius 2 is 1.94 bits per heavy atom. The molecule has 2 aromatic carbocycles. The van der Waals surface area contributed by atoms with Crippen LogP contribution in [0.3, 0.4) is 0 Å². The third-order valence-corrected chi connectivity index (χ3v) is 7.31. The van der Waals surface area contributed by atoms with Crippen molar-refractivity contribution in [2.24, 2.45) is 11.8 Å². The molecule has 3 aliphatic rings. The van der Waals surface area contributed by atoms with Crippen LogP contribution in [0.1, 0.15) is 34.5 Å². The Labute approximate surface area is 212 Å². The van der Waals surface area contributed by atoms with Crippen LogP contribution in [0.2, 0.25) is 0 Å². The monoisotopic (exact) mass is 456 g/mol. The number of methoxy groups -OCH3 is 1. The van der Waals surface area contributed by atoms with Gasteiger partial charge >= 0.3 is 24.8 Å². The summed E-state index contributed by atoms with van der Waals surface area (Å²) in [4.78, 5) is 14.5. The van der Waals surface area contributed by atoms with Gasteiger partial charge in [0, 0.05) is 24.9 Å². The molecule has 3 aliphatic heterocycles. The molecule has 2 bridgehead atoms. The molecule has 0 spiro atoms. The third-order valence-electron chi connectivity index (χ3n) is 7.31. The van der Waals surface area contributed by atoms with Gasteiger partial charge in [0.05, 0.1) is 30.4 Å². The zero-order valence-corrected chi connectivity index (χ0v) is 19.2. The SMILES string of the molecule is COc1ccc(Cn2nc(CCNCC3CN4CCC3CC4)c3c(C(=O)O)cccc32)cc1.[LiH]. The van der Waals surface area contributed by atoms with Crippen LogP contribution < -0.4 is 10.1 Å². The summed E-state index contributed by atoms with van der Waals surface area (Å²) in [5.74, 6) is 1.48. The van der Waals surface area contributed by atoms with Gasteiger partial charge in [-0.05, 0) is 74.1 Å². The van der Waals surface area contributed by atoms with Crippen LogP contribution in [0, 0.1) is 11.8 Å². The van der Waals surface area contributed by atoms with E-state index in [-0.39, 0.29) is 18.9 Å². The zero-order chi connectivity index (χ0) is 22.8. The Morgan fingerprint density at radius 3 is 2.59 bits per heavy atom. The molecule has 3 aromatic rings. The number of carbonyl (C=O) groups is 1. The Hall–Kier alpha value is -2.30. The fourth-order valence-corrected chi connectivity index (χ4v) is 5.50. The average Bonchev–Trinajstić information content (AvgIpc) is 3.20. The minimum absolute atomic E-state index is 0. The molecule has 1 aromatic heterocycles. The first kappa shape index (κ1) is 24.8. The summed E-state index contributed by atoms with van der Waals surface area (Å²) in [7, 11) is 1.65. The Morgan fingerprint density at radius 1 is 1.18 bits per heavy atom. The van der Waals surface area contributed by atoms with Gasteiger partial charge in [0.1, 0.15) is 5.75 Å². The van der Waals surface area contributed by atoms with Crippen molar-refractivity contribution in [1.29, 1.82) is 0 Å². The second-order valence-electron chi connectivity index (χ2n) is 9.31. The molecule has 3 fully saturated rings. The molecule has 0 saturated carbocycles. The number of benzene rings is 2. The van der Waals surface area contributed by atoms with E-state index in [0.29, 0.717) is 18.5 Å². The van der Waals surface area contributed by atoms with Crippen LogP contribution in [-0.4, -0.2) is 84.5 Å². The molecular weight excluding hydrogens is 423 g/mol. The second kappa shape index (κ2) is 11.0. The fraction of sp³-hybridized carbons (Fsp3) is 0.462. The van der Waals surface area contributed by atoms with E-state index in [4.69, 9.17) is 9.84 Å². The molecule has 0 radical (unpaired) electrons. The number of nitrogens with zero attached hydrogens (tertiary/aromatic N) is 3. The molecule has 1 atom stereocenters. The third kappa shape index (κ3) is 5.18. The van der Waals surface area contributed by atoms with Crippen molar-refractivity contribution in [2.75, 3.05) is 39.8 Å². The van der Waals surface area contributed by atoms with E-state index < -0.39 is 5.97 Å². The van der Waals surface area contributed by atoms with Crippen LogP contribution in [0.5, 0.6) is 5.75 Å². The van der Waals surface area contributed by atoms with Gasteiger partial charge in [-0.3, -0.25) is 4.68 Å². The number of aromatic nitrogens is 2. The maximum atomic E-state index is 11.9. The molecule has 0 aliphatic carbocycles. The van der Waals surface area contributed by atoms with Crippen molar-refractivity contribution in [3.63, 3.8) is 0 Å². The Bertz CT molecular complexity index is 1120. The van der Waals surface area contributed by atoms with Crippen LogP contribution in [0.15, 0.2) is 42.5 Å². The topological polar surface area (TPSA) is 79.6 Å². The molecule has 176 valence electrons. The van der Waals surface area contributed by atoms with Crippen LogP contribution in [0.4, 0.5) is 0 Å². The molecule has 6 rings (SSSR count). The van der Waals surface area contributed by atoms with Crippen molar-refractivity contribution in [3.05, 3.63) is 59.3 Å². The number of carboxylic acid groups (broad SMARTS) is 1. The van der Waals surface area contributed by atoms with E-state index in [1.165, 1.54) is 32.5 Å². The number of carboxylic acids is 1. The molecule has 1 unspecified atom stereocenters. The summed E-state index contributed by atoms with van der Waals surface area (Å²) >= 11 is 0. The second-order valence-corrected chi connectivity index (χ2v) is 9.31. The van der Waals surface area contributed by atoms with Gasteiger partial charge in [-0.1, -0.05) is 18.2 Å². The zero-order valence-electron chi connectivity index (χ0n) is 19.2. The number of nitrogens with one attached hydrogen (secondary N) is 1. The summed E-state index contributed by atoms with van der Waals surface area (Å²) in [6, 6.07) is 13.3. The van der Waals surface area contributed by atoms with Gasteiger partial charge in [0.15, 0.2) is 0 Å². The van der Waals surface area contributed by atoms with Gasteiger partial charge in [-0.15, -0.1) is 0 Å². The number of ether oxygens (including phenoxy) is 1. The van der Waals surface area contributed by atoms with E-state index in [9.17, 15) is 9.90 Å². The minimum atomic E-state index is -0.911. The molecule has 2 N–H and O–H groups in total. The van der Waals surface area contributed by atoms with Crippen molar-refractivity contribution in [1.82, 2.24) is 20.0 Å². The molecule has 4 heterocycles. The van der Waals surface area contributed by atoms with E-state index in [1.807, 2.05) is 35.0 Å². The van der Waals surface area contributed by atoms with Crippen molar-refractivity contribution < 1.29 is 14.6 Å². The van der Waals surface area contributed by atoms with Crippen LogP contribution >= 0.6 is 0 Å². The van der Waals surface area contributed by atoms with E-state index in [1.54, 1.807) is 19.2 Å². The van der Waals surface area contributed by atoms with Gasteiger partial charge in [0.2, 0.25) is 0 Å². The number of fused-ring (bicyclic) bond motifs is 4. The molecule has 34 heavy (non-hydrogen) atoms. The number of rotatable bonds is 9. The Kier molecular flexibility index (Phi) is 8.00. The summed E-state index contributed by atoms with van der Waals surface area (Å²) < 4.78 is 7.18. The van der Waals surface area contributed by atoms with Crippen LogP contribution in [0.25, 0.3) is 10.9 Å². The van der Waals surface area contributed by atoms with Gasteiger partial charge in [0.25, 0.3) is 0 Å². The number of aromatic carboxylic acids is 1. The van der Waals surface area contributed by atoms with Gasteiger partial charge in [-0.25, -0.2) is 4.79 Å². The quantitative estimate of drug-likeness (QED) is 0.381. The van der Waals surface area contributed by atoms with Crippen molar-refractivity contribution in [3.8, 4) is 5.75 Å². The molecule has 7 nitrogen and oxygen atoms in total. The van der Waals surface area contributed by atoms with Crippen molar-refractivity contribution >= 4 is 35.7 Å². The first-order valence-corrected chi connectivity index (χ1v) is 11.9. The van der Waals surface area contributed by atoms with E-state index >= 15 is 0 Å². The van der Waals surface area contributed by atoms with Crippen LogP contribution in [-0.2, 0) is 13.0 Å². The molecule has 8 heteroatoms. The standard InChI is InChI=1S/C26H32N4O3.Li.H/c1-33-21-7-5-18(6-8-21)16-30-24-4-2-3-22(26(31)32)25(24)23(28-30)9-12-27-15-20-17-29-13-10-19(20)11-14-29;;/h2-8,19-20,27H,9-17H2,1H3,(H,31,32);;. The first-order chi connectivity index (χ1) is 16.1. The number of piperidine rings is 3. The summed E-state index contributed by atoms with van der Waals surface area (Å²) in [5, 5.41) is 19.1. The van der Waals surface area contributed by atoms with Gasteiger partial charge in [-0.2, -0.15) is 5.10 Å². The fourth-order valence-electron chi connectivity index (χ4n) is 5.50. The molecule has 0 amide bonds. The molecule has 3 saturated heterocycles. The Balaban J connectivity index is 0.00000274. The van der Waals surface area contributed by atoms with Crippen molar-refractivity contribution in [2.45, 2.75) is 25.8 Å². The predicted molar refractivity (Wildman–Crippen MR) is 135 cm³/mol. The summed E-state index contributed by atoms with van der Waals surface area (Å²) in [6.07, 6.45) is 3.36. The first-order valence-electron chi connectivity index (χ1n) is 11.9. The summed E-state index contributed by atoms with van der Waals surface area (Å²) in [6.45, 7) is 6.13. The normalized spacial score (nSPS) is 21.4. The maximum absolute atomic E-state index is 11.9.